The van der Waals surface area contributed by atoms with Gasteiger partial charge >= 0.3 is 0 Å². The molecular weight excluding hydrogens is 128 g/mol. The van der Waals surface area contributed by atoms with Crippen molar-refractivity contribution in [2.45, 2.75) is 38.0 Å². The molecule has 1 rings (SSSR count). The van der Waals surface area contributed by atoms with E-state index in [4.69, 9.17) is 5.73 Å². The second-order valence-corrected chi connectivity index (χ2v) is 3.19. The van der Waals surface area contributed by atoms with Gasteiger partial charge in [0, 0.05) is 18.6 Å². The van der Waals surface area contributed by atoms with Crippen molar-refractivity contribution in [1.82, 2.24) is 5.32 Å². The lowest BCUT2D eigenvalue weighted by Gasteiger charge is -2.10. The Bertz CT molecular complexity index is 95.8. The van der Waals surface area contributed by atoms with E-state index in [0.29, 0.717) is 6.04 Å². The van der Waals surface area contributed by atoms with Gasteiger partial charge in [-0.1, -0.05) is 0 Å². The maximum atomic E-state index is 9.31. The average molecular weight is 144 g/mol. The molecule has 4 N–H and O–H groups in total. The van der Waals surface area contributed by atoms with E-state index in [1.54, 1.807) is 0 Å². The number of nitrogens with one attached hydrogen (secondary N) is 1. The lowest BCUT2D eigenvalue weighted by molar-refractivity contribution is 0.148. The Morgan fingerprint density at radius 3 is 2.90 bits per heavy atom. The van der Waals surface area contributed by atoms with Crippen molar-refractivity contribution in [3.05, 3.63) is 0 Å². The molecule has 1 aliphatic heterocycles. The SMILES string of the molecule is CC1CC(O)CC(N)CN1. The van der Waals surface area contributed by atoms with Crippen LogP contribution in [-0.2, 0) is 0 Å². The van der Waals surface area contributed by atoms with Crippen molar-refractivity contribution in [3.63, 3.8) is 0 Å². The molecule has 1 saturated heterocycles. The van der Waals surface area contributed by atoms with Crippen LogP contribution in [0.25, 0.3) is 0 Å². The Kier molecular flexibility index (Phi) is 2.65. The molecule has 3 unspecified atom stereocenters. The summed E-state index contributed by atoms with van der Waals surface area (Å²) in [4.78, 5) is 0. The van der Waals surface area contributed by atoms with Crippen LogP contribution in [0.15, 0.2) is 0 Å². The van der Waals surface area contributed by atoms with Crippen molar-refractivity contribution in [1.29, 1.82) is 0 Å². The zero-order valence-electron chi connectivity index (χ0n) is 6.38. The van der Waals surface area contributed by atoms with Gasteiger partial charge in [-0.2, -0.15) is 0 Å². The maximum absolute atomic E-state index is 9.31. The van der Waals surface area contributed by atoms with Gasteiger partial charge in [-0.25, -0.2) is 0 Å². The Labute approximate surface area is 61.6 Å². The Morgan fingerprint density at radius 2 is 2.20 bits per heavy atom. The molecule has 3 nitrogen and oxygen atoms in total. The minimum absolute atomic E-state index is 0.125. The van der Waals surface area contributed by atoms with E-state index in [0.717, 1.165) is 19.4 Å². The van der Waals surface area contributed by atoms with Gasteiger partial charge in [0.2, 0.25) is 0 Å². The van der Waals surface area contributed by atoms with Gasteiger partial charge in [0.25, 0.3) is 0 Å². The van der Waals surface area contributed by atoms with E-state index in [9.17, 15) is 5.11 Å². The first-order valence-corrected chi connectivity index (χ1v) is 3.85. The molecule has 0 aromatic heterocycles. The third-order valence-electron chi connectivity index (χ3n) is 1.93. The van der Waals surface area contributed by atoms with Crippen molar-refractivity contribution < 1.29 is 5.11 Å². The molecule has 0 aliphatic carbocycles. The van der Waals surface area contributed by atoms with Gasteiger partial charge in [-0.3, -0.25) is 0 Å². The van der Waals surface area contributed by atoms with Gasteiger partial charge in [0.1, 0.15) is 0 Å². The van der Waals surface area contributed by atoms with Crippen LogP contribution in [-0.4, -0.2) is 29.8 Å². The van der Waals surface area contributed by atoms with Crippen LogP contribution in [0.1, 0.15) is 19.8 Å². The van der Waals surface area contributed by atoms with Gasteiger partial charge in [0.15, 0.2) is 0 Å². The van der Waals surface area contributed by atoms with E-state index in [2.05, 4.69) is 12.2 Å². The number of rotatable bonds is 0. The molecule has 10 heavy (non-hydrogen) atoms. The molecule has 3 atom stereocenters. The molecular formula is C7H16N2O. The molecule has 0 spiro atoms. The van der Waals surface area contributed by atoms with Gasteiger partial charge in [-0.15, -0.1) is 0 Å². The topological polar surface area (TPSA) is 58.3 Å². The van der Waals surface area contributed by atoms with Crippen molar-refractivity contribution >= 4 is 0 Å². The second kappa shape index (κ2) is 3.32. The summed E-state index contributed by atoms with van der Waals surface area (Å²) in [6.45, 7) is 2.90. The third-order valence-corrected chi connectivity index (χ3v) is 1.93. The second-order valence-electron chi connectivity index (χ2n) is 3.19. The van der Waals surface area contributed by atoms with Crippen LogP contribution in [0.3, 0.4) is 0 Å². The van der Waals surface area contributed by atoms with E-state index < -0.39 is 0 Å². The Balaban J connectivity index is 2.38. The predicted octanol–water partition coefficient (Wildman–Crippen LogP) is -0.553. The van der Waals surface area contributed by atoms with Crippen molar-refractivity contribution in [2.24, 2.45) is 5.73 Å². The summed E-state index contributed by atoms with van der Waals surface area (Å²) in [5, 5.41) is 12.5. The first kappa shape index (κ1) is 7.98. The molecule has 0 saturated carbocycles. The van der Waals surface area contributed by atoms with Crippen LogP contribution in [0.4, 0.5) is 0 Å². The smallest absolute Gasteiger partial charge is 0.0570 e. The molecule has 0 aromatic rings. The summed E-state index contributed by atoms with van der Waals surface area (Å²) in [7, 11) is 0. The summed E-state index contributed by atoms with van der Waals surface area (Å²) in [5.41, 5.74) is 5.66. The molecule has 1 aliphatic rings. The highest BCUT2D eigenvalue weighted by Crippen LogP contribution is 2.07. The monoisotopic (exact) mass is 144 g/mol. The lowest BCUT2D eigenvalue weighted by atomic mass is 10.1. The standard InChI is InChI=1S/C7H16N2O/c1-5-2-7(10)3-6(8)4-9-5/h5-7,9-10H,2-4,8H2,1H3. The van der Waals surface area contributed by atoms with E-state index in [1.807, 2.05) is 0 Å². The molecule has 0 bridgehead atoms. The predicted molar refractivity (Wildman–Crippen MR) is 40.7 cm³/mol. The maximum Gasteiger partial charge on any atom is 0.0570 e. The molecule has 3 heteroatoms. The van der Waals surface area contributed by atoms with Crippen LogP contribution < -0.4 is 11.1 Å². The fourth-order valence-electron chi connectivity index (χ4n) is 1.37. The zero-order valence-corrected chi connectivity index (χ0v) is 6.38. The number of aliphatic hydroxyl groups is 1. The summed E-state index contributed by atoms with van der Waals surface area (Å²) in [6, 6.07) is 0.531. The summed E-state index contributed by atoms with van der Waals surface area (Å²) >= 11 is 0. The van der Waals surface area contributed by atoms with Crippen LogP contribution >= 0.6 is 0 Å². The molecule has 1 heterocycles. The normalized spacial score (nSPS) is 42.9. The fraction of sp³-hybridized carbons (Fsp3) is 1.00. The average Bonchev–Trinajstić information content (AvgIpc) is 1.93. The van der Waals surface area contributed by atoms with E-state index in [1.165, 1.54) is 0 Å². The van der Waals surface area contributed by atoms with E-state index in [-0.39, 0.29) is 12.1 Å². The molecule has 0 radical (unpaired) electrons. The number of hydrogen-bond acceptors (Lipinski definition) is 3. The first-order chi connectivity index (χ1) is 4.68. The molecule has 0 aromatic carbocycles. The highest BCUT2D eigenvalue weighted by Gasteiger charge is 2.18. The molecule has 1 fully saturated rings. The number of hydrogen-bond donors (Lipinski definition) is 3. The summed E-state index contributed by atoms with van der Waals surface area (Å²) < 4.78 is 0. The van der Waals surface area contributed by atoms with Crippen molar-refractivity contribution in [3.8, 4) is 0 Å². The van der Waals surface area contributed by atoms with Crippen LogP contribution in [0, 0.1) is 0 Å². The Morgan fingerprint density at radius 1 is 1.50 bits per heavy atom. The fourth-order valence-corrected chi connectivity index (χ4v) is 1.37. The highest BCUT2D eigenvalue weighted by molar-refractivity contribution is 4.79. The quantitative estimate of drug-likeness (QED) is 0.427. The number of aliphatic hydroxyl groups excluding tert-OH is 1. The van der Waals surface area contributed by atoms with E-state index >= 15 is 0 Å². The third kappa shape index (κ3) is 2.25. The highest BCUT2D eigenvalue weighted by atomic mass is 16.3. The minimum atomic E-state index is -0.208. The minimum Gasteiger partial charge on any atom is -0.393 e. The largest absolute Gasteiger partial charge is 0.393 e. The van der Waals surface area contributed by atoms with Gasteiger partial charge in [0.05, 0.1) is 6.10 Å². The summed E-state index contributed by atoms with van der Waals surface area (Å²) in [6.07, 6.45) is 1.35. The van der Waals surface area contributed by atoms with Crippen LogP contribution in [0.2, 0.25) is 0 Å². The Hall–Kier alpha value is -0.120. The molecule has 60 valence electrons. The lowest BCUT2D eigenvalue weighted by Crippen LogP contribution is -2.35. The number of nitrogens with two attached hydrogens (primary N) is 1. The summed E-state index contributed by atoms with van der Waals surface area (Å²) in [5.74, 6) is 0. The molecule has 0 amide bonds. The zero-order chi connectivity index (χ0) is 7.56. The first-order valence-electron chi connectivity index (χ1n) is 3.85. The van der Waals surface area contributed by atoms with Gasteiger partial charge < -0.3 is 16.2 Å². The van der Waals surface area contributed by atoms with Gasteiger partial charge in [-0.05, 0) is 19.8 Å². The van der Waals surface area contributed by atoms with Crippen LogP contribution in [0.5, 0.6) is 0 Å². The van der Waals surface area contributed by atoms with Crippen molar-refractivity contribution in [2.75, 3.05) is 6.54 Å².